The lowest BCUT2D eigenvalue weighted by Gasteiger charge is -2.16. The molecule has 2 aromatic rings. The highest BCUT2D eigenvalue weighted by Crippen LogP contribution is 2.05. The molecule has 126 valence electrons. The Morgan fingerprint density at radius 3 is 2.58 bits per heavy atom. The van der Waals surface area contributed by atoms with Gasteiger partial charge < -0.3 is 14.8 Å². The smallest absolute Gasteiger partial charge is 0.408 e. The zero-order valence-corrected chi connectivity index (χ0v) is 13.1. The number of hydrogen-bond acceptors (Lipinski definition) is 5. The fourth-order valence-corrected chi connectivity index (χ4v) is 1.98. The van der Waals surface area contributed by atoms with E-state index >= 15 is 0 Å². The van der Waals surface area contributed by atoms with Crippen molar-refractivity contribution < 1.29 is 23.5 Å². The molecule has 1 aromatic heterocycles. The largest absolute Gasteiger partial charge is 0.467 e. The van der Waals surface area contributed by atoms with Gasteiger partial charge in [-0.1, -0.05) is 30.3 Å². The Hall–Kier alpha value is -2.96. The number of carbonyl (C=O) groups is 2. The second kappa shape index (κ2) is 8.61. The number of nitrogens with one attached hydrogen (secondary N) is 1. The van der Waals surface area contributed by atoms with Gasteiger partial charge in [0, 0.05) is 12.1 Å². The third-order valence-electron chi connectivity index (χ3n) is 3.19. The summed E-state index contributed by atoms with van der Waals surface area (Å²) in [6.45, 7) is 0.0787. The third-order valence-corrected chi connectivity index (χ3v) is 3.19. The van der Waals surface area contributed by atoms with Gasteiger partial charge >= 0.3 is 12.1 Å². The molecule has 0 radical (unpaired) electrons. The van der Waals surface area contributed by atoms with E-state index in [1.165, 1.54) is 19.2 Å². The summed E-state index contributed by atoms with van der Waals surface area (Å²) in [5, 5.41) is 2.43. The number of benzene rings is 1. The number of esters is 1. The summed E-state index contributed by atoms with van der Waals surface area (Å²) in [6.07, 6.45) is 0.349. The number of methoxy groups -OCH3 is 1. The van der Waals surface area contributed by atoms with Crippen LogP contribution in [0.25, 0.3) is 0 Å². The van der Waals surface area contributed by atoms with Crippen LogP contribution in [0.3, 0.4) is 0 Å². The van der Waals surface area contributed by atoms with E-state index in [0.29, 0.717) is 5.69 Å². The number of aromatic nitrogens is 1. The number of halogens is 1. The molecule has 1 atom stereocenters. The molecule has 0 bridgehead atoms. The van der Waals surface area contributed by atoms with Gasteiger partial charge in [0.25, 0.3) is 0 Å². The van der Waals surface area contributed by atoms with Crippen molar-refractivity contribution in [2.75, 3.05) is 7.11 Å². The molecule has 0 fully saturated rings. The monoisotopic (exact) mass is 332 g/mol. The molecule has 1 N–H and O–H groups in total. The molecule has 0 aliphatic carbocycles. The molecular weight excluding hydrogens is 315 g/mol. The summed E-state index contributed by atoms with van der Waals surface area (Å²) in [5.74, 6) is -1.12. The average Bonchev–Trinajstić information content (AvgIpc) is 2.61. The molecule has 1 amide bonds. The SMILES string of the molecule is COC(=O)C(Cc1ccc(F)cn1)NC(=O)OCc1ccccc1. The Labute approximate surface area is 138 Å². The van der Waals surface area contributed by atoms with Crippen LogP contribution in [0.1, 0.15) is 11.3 Å². The minimum absolute atomic E-state index is 0.0629. The van der Waals surface area contributed by atoms with Gasteiger partial charge in [-0.3, -0.25) is 4.98 Å². The molecule has 1 heterocycles. The Kier molecular flexibility index (Phi) is 6.24. The first-order chi connectivity index (χ1) is 11.6. The van der Waals surface area contributed by atoms with Gasteiger partial charge in [0.05, 0.1) is 13.3 Å². The maximum absolute atomic E-state index is 12.9. The fraction of sp³-hybridized carbons (Fsp3) is 0.235. The van der Waals surface area contributed by atoms with Gasteiger partial charge in [-0.15, -0.1) is 0 Å². The highest BCUT2D eigenvalue weighted by molar-refractivity contribution is 5.81. The van der Waals surface area contributed by atoms with E-state index in [1.54, 1.807) is 0 Å². The van der Waals surface area contributed by atoms with Crippen molar-refractivity contribution in [3.8, 4) is 0 Å². The molecule has 24 heavy (non-hydrogen) atoms. The summed E-state index contributed by atoms with van der Waals surface area (Å²) in [5.41, 5.74) is 1.26. The summed E-state index contributed by atoms with van der Waals surface area (Å²) < 4.78 is 22.6. The van der Waals surface area contributed by atoms with E-state index < -0.39 is 23.9 Å². The first-order valence-corrected chi connectivity index (χ1v) is 7.24. The van der Waals surface area contributed by atoms with Crippen LogP contribution < -0.4 is 5.32 Å². The molecule has 0 saturated carbocycles. The number of nitrogens with zero attached hydrogens (tertiary/aromatic N) is 1. The topological polar surface area (TPSA) is 77.5 Å². The molecule has 1 aromatic carbocycles. The van der Waals surface area contributed by atoms with E-state index in [0.717, 1.165) is 11.8 Å². The van der Waals surface area contributed by atoms with Crippen LogP contribution in [0.15, 0.2) is 48.7 Å². The standard InChI is InChI=1S/C17H17FN2O4/c1-23-16(21)15(9-14-8-7-13(18)10-19-14)20-17(22)24-11-12-5-3-2-4-6-12/h2-8,10,15H,9,11H2,1H3,(H,20,22). The zero-order chi connectivity index (χ0) is 17.4. The lowest BCUT2D eigenvalue weighted by molar-refractivity contribution is -0.143. The van der Waals surface area contributed by atoms with Crippen LogP contribution in [0.2, 0.25) is 0 Å². The minimum Gasteiger partial charge on any atom is -0.467 e. The summed E-state index contributed by atoms with van der Waals surface area (Å²) >= 11 is 0. The van der Waals surface area contributed by atoms with Gasteiger partial charge in [0.15, 0.2) is 0 Å². The maximum Gasteiger partial charge on any atom is 0.408 e. The first-order valence-electron chi connectivity index (χ1n) is 7.24. The molecule has 6 nitrogen and oxygen atoms in total. The van der Waals surface area contributed by atoms with E-state index in [9.17, 15) is 14.0 Å². The van der Waals surface area contributed by atoms with Crippen molar-refractivity contribution in [1.82, 2.24) is 10.3 Å². The van der Waals surface area contributed by atoms with E-state index in [-0.39, 0.29) is 13.0 Å². The molecular formula is C17H17FN2O4. The van der Waals surface area contributed by atoms with Crippen LogP contribution in [0.5, 0.6) is 0 Å². The van der Waals surface area contributed by atoms with Crippen molar-refractivity contribution in [3.05, 3.63) is 65.7 Å². The molecule has 0 spiro atoms. The fourth-order valence-electron chi connectivity index (χ4n) is 1.98. The van der Waals surface area contributed by atoms with Crippen LogP contribution in [0.4, 0.5) is 9.18 Å². The first kappa shape index (κ1) is 17.4. The van der Waals surface area contributed by atoms with Crippen molar-refractivity contribution in [2.24, 2.45) is 0 Å². The van der Waals surface area contributed by atoms with Crippen LogP contribution >= 0.6 is 0 Å². The zero-order valence-electron chi connectivity index (χ0n) is 13.1. The lowest BCUT2D eigenvalue weighted by atomic mass is 10.1. The Balaban J connectivity index is 1.93. The minimum atomic E-state index is -0.976. The van der Waals surface area contributed by atoms with Gasteiger partial charge in [-0.2, -0.15) is 0 Å². The summed E-state index contributed by atoms with van der Waals surface area (Å²) in [6, 6.07) is 10.8. The molecule has 1 unspecified atom stereocenters. The molecule has 2 rings (SSSR count). The van der Waals surface area contributed by atoms with Gasteiger partial charge in [-0.25, -0.2) is 14.0 Å². The number of amides is 1. The van der Waals surface area contributed by atoms with Crippen molar-refractivity contribution in [3.63, 3.8) is 0 Å². The number of rotatable bonds is 6. The Morgan fingerprint density at radius 1 is 1.21 bits per heavy atom. The van der Waals surface area contributed by atoms with E-state index in [4.69, 9.17) is 4.74 Å². The van der Waals surface area contributed by atoms with E-state index in [2.05, 4.69) is 15.0 Å². The normalized spacial score (nSPS) is 11.4. The highest BCUT2D eigenvalue weighted by Gasteiger charge is 2.23. The van der Waals surface area contributed by atoms with Crippen molar-refractivity contribution in [1.29, 1.82) is 0 Å². The second-order valence-corrected chi connectivity index (χ2v) is 4.95. The Morgan fingerprint density at radius 2 is 1.96 bits per heavy atom. The molecule has 7 heteroatoms. The summed E-state index contributed by atoms with van der Waals surface area (Å²) in [7, 11) is 1.21. The number of ether oxygens (including phenoxy) is 2. The molecule has 0 aliphatic rings. The number of pyridine rings is 1. The quantitative estimate of drug-likeness (QED) is 0.821. The number of alkyl carbamates (subject to hydrolysis) is 1. The van der Waals surface area contributed by atoms with E-state index in [1.807, 2.05) is 30.3 Å². The number of hydrogen-bond donors (Lipinski definition) is 1. The summed E-state index contributed by atoms with van der Waals surface area (Å²) in [4.78, 5) is 27.5. The van der Waals surface area contributed by atoms with Crippen LogP contribution in [-0.2, 0) is 27.3 Å². The van der Waals surface area contributed by atoms with Crippen LogP contribution in [0, 0.1) is 5.82 Å². The Bertz CT molecular complexity index is 677. The lowest BCUT2D eigenvalue weighted by Crippen LogP contribution is -2.43. The average molecular weight is 332 g/mol. The maximum atomic E-state index is 12.9. The third kappa shape index (κ3) is 5.35. The molecule has 0 aliphatic heterocycles. The second-order valence-electron chi connectivity index (χ2n) is 4.95. The molecule has 0 saturated heterocycles. The van der Waals surface area contributed by atoms with Gasteiger partial charge in [0.1, 0.15) is 18.5 Å². The van der Waals surface area contributed by atoms with Gasteiger partial charge in [-0.05, 0) is 17.7 Å². The van der Waals surface area contributed by atoms with Crippen molar-refractivity contribution >= 4 is 12.1 Å². The van der Waals surface area contributed by atoms with Crippen molar-refractivity contribution in [2.45, 2.75) is 19.1 Å². The van der Waals surface area contributed by atoms with Crippen LogP contribution in [-0.4, -0.2) is 30.2 Å². The predicted molar refractivity (Wildman–Crippen MR) is 83.5 cm³/mol. The van der Waals surface area contributed by atoms with Gasteiger partial charge in [0.2, 0.25) is 0 Å². The number of carbonyl (C=O) groups excluding carboxylic acids is 2. The predicted octanol–water partition coefficient (Wildman–Crippen LogP) is 2.23. The highest BCUT2D eigenvalue weighted by atomic mass is 19.1.